The first-order valence-corrected chi connectivity index (χ1v) is 10.6. The summed E-state index contributed by atoms with van der Waals surface area (Å²) in [5.74, 6) is 0.190. The molecule has 1 N–H and O–H groups in total. The number of nitrogens with one attached hydrogen (secondary N) is 1. The molecule has 0 spiro atoms. The quantitative estimate of drug-likeness (QED) is 0.507. The number of hydrogen-bond acceptors (Lipinski definition) is 2. The second-order valence-corrected chi connectivity index (χ2v) is 8.57. The van der Waals surface area contributed by atoms with E-state index in [0.29, 0.717) is 5.92 Å². The van der Waals surface area contributed by atoms with Gasteiger partial charge in [0.25, 0.3) is 5.91 Å². The zero-order valence-electron chi connectivity index (χ0n) is 16.6. The molecular weight excluding hydrogens is 414 g/mol. The van der Waals surface area contributed by atoms with Gasteiger partial charge in [0.1, 0.15) is 11.6 Å². The van der Waals surface area contributed by atoms with Gasteiger partial charge in [-0.05, 0) is 74.6 Å². The standard InChI is InChI=1S/C23H26BrN3O/c1-15-6-4-5-7-22(15)26-23(28)19(14-25)13-18-12-16(2)27(17(18)3)21-10-8-20(24)9-11-21/h8-13,15,22H,4-7H2,1-3H3,(H,26,28)/b19-13+/t15-,22+/m0/s1. The maximum Gasteiger partial charge on any atom is 0.262 e. The number of nitriles is 1. The average molecular weight is 440 g/mol. The molecular formula is C23H26BrN3O. The Kier molecular flexibility index (Phi) is 6.41. The van der Waals surface area contributed by atoms with Crippen molar-refractivity contribution in [3.63, 3.8) is 0 Å². The van der Waals surface area contributed by atoms with Gasteiger partial charge in [0.2, 0.25) is 0 Å². The van der Waals surface area contributed by atoms with E-state index >= 15 is 0 Å². The van der Waals surface area contributed by atoms with Gasteiger partial charge in [-0.15, -0.1) is 0 Å². The molecule has 146 valence electrons. The van der Waals surface area contributed by atoms with Crippen LogP contribution in [0.1, 0.15) is 49.6 Å². The van der Waals surface area contributed by atoms with E-state index in [1.165, 1.54) is 6.42 Å². The Morgan fingerprint density at radius 3 is 2.57 bits per heavy atom. The Morgan fingerprint density at radius 2 is 1.93 bits per heavy atom. The summed E-state index contributed by atoms with van der Waals surface area (Å²) in [6, 6.07) is 12.4. The number of carbonyl (C=O) groups excluding carboxylic acids is 1. The maximum atomic E-state index is 12.7. The number of benzene rings is 1. The molecule has 2 aromatic rings. The molecule has 28 heavy (non-hydrogen) atoms. The van der Waals surface area contributed by atoms with Crippen LogP contribution in [0.25, 0.3) is 11.8 Å². The third-order valence-corrected chi connectivity index (χ3v) is 6.18. The second kappa shape index (κ2) is 8.79. The van der Waals surface area contributed by atoms with E-state index in [-0.39, 0.29) is 17.5 Å². The molecule has 1 fully saturated rings. The maximum absolute atomic E-state index is 12.7. The fraction of sp³-hybridized carbons (Fsp3) is 0.391. The lowest BCUT2D eigenvalue weighted by Crippen LogP contribution is -2.41. The molecule has 4 nitrogen and oxygen atoms in total. The fourth-order valence-corrected chi connectivity index (χ4v) is 4.27. The number of rotatable bonds is 4. The predicted molar refractivity (Wildman–Crippen MR) is 116 cm³/mol. The molecule has 1 aromatic heterocycles. The number of aryl methyl sites for hydroxylation is 1. The Labute approximate surface area is 175 Å². The molecule has 2 atom stereocenters. The summed E-state index contributed by atoms with van der Waals surface area (Å²) < 4.78 is 3.16. The zero-order chi connectivity index (χ0) is 20.3. The van der Waals surface area contributed by atoms with Crippen LogP contribution in [0.2, 0.25) is 0 Å². The van der Waals surface area contributed by atoms with Crippen molar-refractivity contribution in [2.45, 2.75) is 52.5 Å². The highest BCUT2D eigenvalue weighted by Crippen LogP contribution is 2.26. The molecule has 3 rings (SSSR count). The van der Waals surface area contributed by atoms with Crippen LogP contribution in [0, 0.1) is 31.1 Å². The number of amides is 1. The van der Waals surface area contributed by atoms with Gasteiger partial charge in [-0.3, -0.25) is 4.79 Å². The second-order valence-electron chi connectivity index (χ2n) is 7.65. The highest BCUT2D eigenvalue weighted by atomic mass is 79.9. The number of carbonyl (C=O) groups is 1. The highest BCUT2D eigenvalue weighted by Gasteiger charge is 2.24. The van der Waals surface area contributed by atoms with Crippen LogP contribution in [-0.2, 0) is 4.79 Å². The van der Waals surface area contributed by atoms with E-state index in [9.17, 15) is 10.1 Å². The number of halogens is 1. The third-order valence-electron chi connectivity index (χ3n) is 5.65. The normalized spacial score (nSPS) is 19.9. The molecule has 5 heteroatoms. The van der Waals surface area contributed by atoms with Crippen molar-refractivity contribution in [2.24, 2.45) is 5.92 Å². The van der Waals surface area contributed by atoms with Crippen molar-refractivity contribution in [1.82, 2.24) is 9.88 Å². The number of hydrogen-bond donors (Lipinski definition) is 1. The number of nitrogens with zero attached hydrogens (tertiary/aromatic N) is 2. The van der Waals surface area contributed by atoms with Crippen LogP contribution in [0.3, 0.4) is 0 Å². The van der Waals surface area contributed by atoms with Gasteiger partial charge in [-0.2, -0.15) is 5.26 Å². The van der Waals surface area contributed by atoms with Gasteiger partial charge in [-0.25, -0.2) is 0 Å². The Balaban J connectivity index is 1.86. The third kappa shape index (κ3) is 4.39. The summed E-state index contributed by atoms with van der Waals surface area (Å²) in [7, 11) is 0. The minimum Gasteiger partial charge on any atom is -0.348 e. The Hall–Kier alpha value is -2.32. The summed E-state index contributed by atoms with van der Waals surface area (Å²) in [6.45, 7) is 6.21. The fourth-order valence-electron chi connectivity index (χ4n) is 4.00. The van der Waals surface area contributed by atoms with Crippen molar-refractivity contribution >= 4 is 27.9 Å². The molecule has 1 amide bonds. The summed E-state index contributed by atoms with van der Waals surface area (Å²) in [4.78, 5) is 12.7. The molecule has 0 unspecified atom stereocenters. The Bertz CT molecular complexity index is 934. The SMILES string of the molecule is Cc1cc(/C=C(\C#N)C(=O)N[C@@H]2CCCC[C@@H]2C)c(C)n1-c1ccc(Br)cc1. The summed E-state index contributed by atoms with van der Waals surface area (Å²) >= 11 is 3.46. The van der Waals surface area contributed by atoms with Gasteiger partial charge < -0.3 is 9.88 Å². The van der Waals surface area contributed by atoms with Crippen LogP contribution in [0.5, 0.6) is 0 Å². The zero-order valence-corrected chi connectivity index (χ0v) is 18.2. The molecule has 1 aliphatic rings. The van der Waals surface area contributed by atoms with Crippen molar-refractivity contribution < 1.29 is 4.79 Å². The van der Waals surface area contributed by atoms with E-state index < -0.39 is 0 Å². The topological polar surface area (TPSA) is 57.8 Å². The van der Waals surface area contributed by atoms with Crippen molar-refractivity contribution in [2.75, 3.05) is 0 Å². The molecule has 1 aliphatic carbocycles. The van der Waals surface area contributed by atoms with Crippen molar-refractivity contribution in [3.8, 4) is 11.8 Å². The monoisotopic (exact) mass is 439 g/mol. The average Bonchev–Trinajstić information content (AvgIpc) is 2.95. The molecule has 0 bridgehead atoms. The first-order chi connectivity index (χ1) is 13.4. The largest absolute Gasteiger partial charge is 0.348 e. The van der Waals surface area contributed by atoms with Crippen molar-refractivity contribution in [1.29, 1.82) is 5.26 Å². The first-order valence-electron chi connectivity index (χ1n) is 9.78. The van der Waals surface area contributed by atoms with Gasteiger partial charge in [0.15, 0.2) is 0 Å². The lowest BCUT2D eigenvalue weighted by Gasteiger charge is -2.29. The molecule has 1 aromatic carbocycles. The molecule has 1 heterocycles. The molecule has 1 saturated carbocycles. The van der Waals surface area contributed by atoms with Crippen LogP contribution >= 0.6 is 15.9 Å². The van der Waals surface area contributed by atoms with Crippen LogP contribution in [0.4, 0.5) is 0 Å². The predicted octanol–water partition coefficient (Wildman–Crippen LogP) is 5.46. The summed E-state index contributed by atoms with van der Waals surface area (Å²) in [5.41, 5.74) is 4.17. The van der Waals surface area contributed by atoms with E-state index in [2.05, 4.69) is 38.8 Å². The smallest absolute Gasteiger partial charge is 0.262 e. The lowest BCUT2D eigenvalue weighted by atomic mass is 9.86. The van der Waals surface area contributed by atoms with Gasteiger partial charge in [-0.1, -0.05) is 35.7 Å². The van der Waals surface area contributed by atoms with E-state index in [1.807, 2.05) is 44.2 Å². The lowest BCUT2D eigenvalue weighted by molar-refractivity contribution is -0.118. The minimum absolute atomic E-state index is 0.160. The van der Waals surface area contributed by atoms with Crippen LogP contribution in [-0.4, -0.2) is 16.5 Å². The summed E-state index contributed by atoms with van der Waals surface area (Å²) in [5, 5.41) is 12.7. The van der Waals surface area contributed by atoms with Crippen LogP contribution < -0.4 is 5.32 Å². The minimum atomic E-state index is -0.269. The highest BCUT2D eigenvalue weighted by molar-refractivity contribution is 9.10. The van der Waals surface area contributed by atoms with E-state index in [1.54, 1.807) is 6.08 Å². The van der Waals surface area contributed by atoms with Crippen molar-refractivity contribution in [3.05, 3.63) is 57.3 Å². The summed E-state index contributed by atoms with van der Waals surface area (Å²) in [6.07, 6.45) is 6.18. The van der Waals surface area contributed by atoms with Gasteiger partial charge >= 0.3 is 0 Å². The van der Waals surface area contributed by atoms with Gasteiger partial charge in [0.05, 0.1) is 0 Å². The number of aromatic nitrogens is 1. The molecule has 0 saturated heterocycles. The van der Waals surface area contributed by atoms with Gasteiger partial charge in [0, 0.05) is 27.6 Å². The van der Waals surface area contributed by atoms with E-state index in [0.717, 1.165) is 46.4 Å². The molecule has 0 aliphatic heterocycles. The van der Waals surface area contributed by atoms with Crippen LogP contribution in [0.15, 0.2) is 40.4 Å². The molecule has 0 radical (unpaired) electrons. The first kappa shape index (κ1) is 20.4. The van der Waals surface area contributed by atoms with E-state index in [4.69, 9.17) is 0 Å². The Morgan fingerprint density at radius 1 is 1.25 bits per heavy atom.